The number of anilines is 1. The van der Waals surface area contributed by atoms with Crippen LogP contribution in [0.15, 0.2) is 6.07 Å². The zero-order valence-electron chi connectivity index (χ0n) is 11.6. The zero-order chi connectivity index (χ0) is 14.1. The molecule has 6 nitrogen and oxygen atoms in total. The van der Waals surface area contributed by atoms with E-state index in [1.54, 1.807) is 0 Å². The summed E-state index contributed by atoms with van der Waals surface area (Å²) < 4.78 is 2.15. The van der Waals surface area contributed by atoms with Gasteiger partial charge in [-0.15, -0.1) is 10.2 Å². The fourth-order valence-electron chi connectivity index (χ4n) is 2.63. The molecule has 2 aromatic heterocycles. The number of nitrogens with zero attached hydrogens (tertiary/aromatic N) is 5. The Morgan fingerprint density at radius 3 is 3.05 bits per heavy atom. The number of fused-ring (bicyclic) bond motifs is 1. The van der Waals surface area contributed by atoms with Gasteiger partial charge in [0.1, 0.15) is 11.9 Å². The molecule has 0 radical (unpaired) electrons. The first-order valence-corrected chi connectivity index (χ1v) is 6.72. The van der Waals surface area contributed by atoms with E-state index in [1.807, 2.05) is 19.9 Å². The second-order valence-corrected chi connectivity index (χ2v) is 5.02. The Bertz CT molecular complexity index is 694. The molecule has 0 aromatic carbocycles. The fourth-order valence-corrected chi connectivity index (χ4v) is 2.63. The Kier molecular flexibility index (Phi) is 3.11. The third-order valence-electron chi connectivity index (χ3n) is 3.56. The van der Waals surface area contributed by atoms with Crippen LogP contribution >= 0.6 is 0 Å². The molecule has 0 saturated carbocycles. The maximum atomic E-state index is 9.24. The monoisotopic (exact) mass is 268 g/mol. The summed E-state index contributed by atoms with van der Waals surface area (Å²) in [5.41, 5.74) is 3.06. The number of hydrogen-bond donors (Lipinski definition) is 1. The van der Waals surface area contributed by atoms with Crippen molar-refractivity contribution < 1.29 is 0 Å². The maximum absolute atomic E-state index is 9.24. The summed E-state index contributed by atoms with van der Waals surface area (Å²) in [7, 11) is 0. The number of aromatic nitrogens is 4. The Labute approximate surface area is 117 Å². The fraction of sp³-hybridized carbons (Fsp3) is 0.429. The van der Waals surface area contributed by atoms with E-state index in [9.17, 15) is 5.26 Å². The van der Waals surface area contributed by atoms with E-state index in [1.165, 1.54) is 0 Å². The molecule has 1 N–H and O–H groups in total. The van der Waals surface area contributed by atoms with Crippen molar-refractivity contribution in [1.82, 2.24) is 19.7 Å². The van der Waals surface area contributed by atoms with Crippen LogP contribution < -0.4 is 5.32 Å². The summed E-state index contributed by atoms with van der Waals surface area (Å²) in [6.45, 7) is 5.34. The van der Waals surface area contributed by atoms with E-state index in [4.69, 9.17) is 0 Å². The predicted molar refractivity (Wildman–Crippen MR) is 74.1 cm³/mol. The molecule has 1 aliphatic heterocycles. The van der Waals surface area contributed by atoms with Crippen LogP contribution in [0.25, 0.3) is 0 Å². The topological polar surface area (TPSA) is 79.4 Å². The van der Waals surface area contributed by atoms with Crippen LogP contribution in [0.2, 0.25) is 0 Å². The van der Waals surface area contributed by atoms with Crippen molar-refractivity contribution in [2.24, 2.45) is 0 Å². The van der Waals surface area contributed by atoms with Crippen LogP contribution in [0.5, 0.6) is 0 Å². The molecule has 102 valence electrons. The molecular formula is C14H16N6. The van der Waals surface area contributed by atoms with Gasteiger partial charge in [-0.05, 0) is 26.3 Å². The highest BCUT2D eigenvalue weighted by molar-refractivity contribution is 5.59. The van der Waals surface area contributed by atoms with Gasteiger partial charge in [0, 0.05) is 18.7 Å². The third-order valence-corrected chi connectivity index (χ3v) is 3.56. The van der Waals surface area contributed by atoms with Gasteiger partial charge in [-0.1, -0.05) is 0 Å². The van der Waals surface area contributed by atoms with Gasteiger partial charge in [-0.25, -0.2) is 0 Å². The Morgan fingerprint density at radius 2 is 2.25 bits per heavy atom. The molecule has 2 aromatic rings. The summed E-state index contributed by atoms with van der Waals surface area (Å²) in [5, 5.41) is 20.9. The van der Waals surface area contributed by atoms with Gasteiger partial charge in [0.05, 0.1) is 23.5 Å². The van der Waals surface area contributed by atoms with Gasteiger partial charge in [-0.3, -0.25) is 4.98 Å². The summed E-state index contributed by atoms with van der Waals surface area (Å²) >= 11 is 0. The highest BCUT2D eigenvalue weighted by Crippen LogP contribution is 2.20. The van der Waals surface area contributed by atoms with Crippen molar-refractivity contribution in [3.8, 4) is 6.07 Å². The smallest absolute Gasteiger partial charge is 0.152 e. The number of pyridine rings is 1. The first kappa shape index (κ1) is 12.6. The van der Waals surface area contributed by atoms with Crippen LogP contribution in [-0.4, -0.2) is 19.7 Å². The molecule has 0 aliphatic carbocycles. The lowest BCUT2D eigenvalue weighted by Gasteiger charge is -2.10. The number of rotatable bonds is 3. The minimum absolute atomic E-state index is 0.574. The minimum Gasteiger partial charge on any atom is -0.377 e. The zero-order valence-corrected chi connectivity index (χ0v) is 11.6. The first-order valence-electron chi connectivity index (χ1n) is 6.72. The van der Waals surface area contributed by atoms with Crippen molar-refractivity contribution in [3.05, 3.63) is 34.7 Å². The molecule has 0 bridgehead atoms. The van der Waals surface area contributed by atoms with Crippen molar-refractivity contribution >= 4 is 5.69 Å². The number of nitriles is 1. The maximum Gasteiger partial charge on any atom is 0.152 e. The Balaban J connectivity index is 1.83. The van der Waals surface area contributed by atoms with Crippen LogP contribution in [0.4, 0.5) is 5.69 Å². The molecule has 0 fully saturated rings. The molecule has 3 heterocycles. The largest absolute Gasteiger partial charge is 0.377 e. The molecule has 0 amide bonds. The van der Waals surface area contributed by atoms with Crippen LogP contribution in [-0.2, 0) is 19.5 Å². The molecule has 0 saturated heterocycles. The number of hydrogen-bond acceptors (Lipinski definition) is 5. The van der Waals surface area contributed by atoms with Gasteiger partial charge in [0.2, 0.25) is 0 Å². The lowest BCUT2D eigenvalue weighted by molar-refractivity contribution is 0.696. The Morgan fingerprint density at radius 1 is 1.40 bits per heavy atom. The normalized spacial score (nSPS) is 13.1. The molecular weight excluding hydrogens is 252 g/mol. The van der Waals surface area contributed by atoms with Crippen molar-refractivity contribution in [2.45, 2.75) is 39.8 Å². The molecule has 6 heteroatoms. The van der Waals surface area contributed by atoms with E-state index in [0.717, 1.165) is 48.1 Å². The van der Waals surface area contributed by atoms with Crippen molar-refractivity contribution in [2.75, 3.05) is 5.32 Å². The predicted octanol–water partition coefficient (Wildman–Crippen LogP) is 1.72. The quantitative estimate of drug-likeness (QED) is 0.916. The highest BCUT2D eigenvalue weighted by atomic mass is 15.3. The van der Waals surface area contributed by atoms with Crippen LogP contribution in [0, 0.1) is 25.2 Å². The molecule has 20 heavy (non-hydrogen) atoms. The van der Waals surface area contributed by atoms with Crippen molar-refractivity contribution in [1.29, 1.82) is 5.26 Å². The average molecular weight is 268 g/mol. The van der Waals surface area contributed by atoms with Gasteiger partial charge < -0.3 is 9.88 Å². The van der Waals surface area contributed by atoms with E-state index in [-0.39, 0.29) is 0 Å². The van der Waals surface area contributed by atoms with E-state index in [0.29, 0.717) is 12.1 Å². The summed E-state index contributed by atoms with van der Waals surface area (Å²) in [4.78, 5) is 4.31. The molecule has 0 spiro atoms. The van der Waals surface area contributed by atoms with Crippen LogP contribution in [0.3, 0.4) is 0 Å². The second kappa shape index (κ2) is 4.93. The summed E-state index contributed by atoms with van der Waals surface area (Å²) in [6.07, 6.45) is 2.14. The summed E-state index contributed by atoms with van der Waals surface area (Å²) in [5.74, 6) is 1.98. The summed E-state index contributed by atoms with van der Waals surface area (Å²) in [6, 6.07) is 4.10. The molecule has 3 rings (SSSR count). The SMILES string of the molecule is Cc1cc(NCc2nnc3n2CCC3)c(C#N)c(C)n1. The van der Waals surface area contributed by atoms with Gasteiger partial charge in [-0.2, -0.15) is 5.26 Å². The van der Waals surface area contributed by atoms with E-state index < -0.39 is 0 Å². The second-order valence-electron chi connectivity index (χ2n) is 5.02. The van der Waals surface area contributed by atoms with Gasteiger partial charge in [0.25, 0.3) is 0 Å². The van der Waals surface area contributed by atoms with Gasteiger partial charge in [0.15, 0.2) is 5.82 Å². The standard InChI is InChI=1S/C14H16N6/c1-9-6-12(11(7-15)10(2)17-9)16-8-14-19-18-13-4-3-5-20(13)14/h6H,3-5,8H2,1-2H3,(H,16,17). The lowest BCUT2D eigenvalue weighted by Crippen LogP contribution is -2.09. The average Bonchev–Trinajstić information content (AvgIpc) is 2.99. The lowest BCUT2D eigenvalue weighted by atomic mass is 10.1. The molecule has 1 aliphatic rings. The number of nitrogens with one attached hydrogen (secondary N) is 1. The van der Waals surface area contributed by atoms with Crippen LogP contribution in [0.1, 0.15) is 35.0 Å². The van der Waals surface area contributed by atoms with E-state index in [2.05, 4.69) is 31.1 Å². The Hall–Kier alpha value is -2.42. The minimum atomic E-state index is 0.574. The molecule has 0 atom stereocenters. The van der Waals surface area contributed by atoms with E-state index >= 15 is 0 Å². The van der Waals surface area contributed by atoms with Crippen molar-refractivity contribution in [3.63, 3.8) is 0 Å². The van der Waals surface area contributed by atoms with Gasteiger partial charge >= 0.3 is 0 Å². The molecule has 0 unspecified atom stereocenters. The third kappa shape index (κ3) is 2.11. The first-order chi connectivity index (χ1) is 9.69. The highest BCUT2D eigenvalue weighted by Gasteiger charge is 2.17. The number of aryl methyl sites for hydroxylation is 3.